The number of para-hydroxylation sites is 2. The molecule has 2 aliphatic carbocycles. The summed E-state index contributed by atoms with van der Waals surface area (Å²) in [5.74, 6) is 0.207. The van der Waals surface area contributed by atoms with E-state index >= 15 is 0 Å². The fourth-order valence-corrected chi connectivity index (χ4v) is 6.82. The Morgan fingerprint density at radius 2 is 1.71 bits per heavy atom. The summed E-state index contributed by atoms with van der Waals surface area (Å²) in [5.41, 5.74) is 6.38. The van der Waals surface area contributed by atoms with E-state index in [9.17, 15) is 9.18 Å². The Morgan fingerprint density at radius 1 is 1.05 bits per heavy atom. The number of carbonyl (C=O) groups is 1. The van der Waals surface area contributed by atoms with Gasteiger partial charge in [0, 0.05) is 6.04 Å². The molecule has 6 rings (SSSR count). The van der Waals surface area contributed by atoms with Crippen molar-refractivity contribution in [3.8, 4) is 5.69 Å². The first kappa shape index (κ1) is 27.0. The van der Waals surface area contributed by atoms with Gasteiger partial charge in [-0.2, -0.15) is 5.10 Å². The smallest absolute Gasteiger partial charge is 0.326 e. The van der Waals surface area contributed by atoms with E-state index in [1.165, 1.54) is 23.3 Å². The molecular weight excluding hydrogens is 511 g/mol. The number of halogens is 1. The Hall–Kier alpha value is -4.19. The molecule has 1 saturated carbocycles. The van der Waals surface area contributed by atoms with Crippen molar-refractivity contribution in [3.05, 3.63) is 114 Å². The molecule has 41 heavy (non-hydrogen) atoms. The summed E-state index contributed by atoms with van der Waals surface area (Å²) < 4.78 is 15.4. The van der Waals surface area contributed by atoms with Gasteiger partial charge in [-0.1, -0.05) is 62.2 Å². The zero-order valence-corrected chi connectivity index (χ0v) is 23.8. The molecule has 0 bridgehead atoms. The van der Waals surface area contributed by atoms with Crippen LogP contribution >= 0.6 is 0 Å². The summed E-state index contributed by atoms with van der Waals surface area (Å²) in [6.07, 6.45) is 10.2. The maximum atomic E-state index is 13.9. The predicted octanol–water partition coefficient (Wildman–Crippen LogP) is 8.47. The second kappa shape index (κ2) is 11.4. The van der Waals surface area contributed by atoms with Crippen LogP contribution in [0.3, 0.4) is 0 Å². The van der Waals surface area contributed by atoms with Crippen LogP contribution in [0, 0.1) is 17.2 Å². The maximum absolute atomic E-state index is 13.9. The second-order valence-corrected chi connectivity index (χ2v) is 11.6. The molecule has 1 N–H and O–H groups in total. The number of aromatic nitrogens is 2. The number of allylic oxidation sites excluding steroid dienone is 1. The molecule has 2 aliphatic rings. The van der Waals surface area contributed by atoms with E-state index in [0.29, 0.717) is 5.92 Å². The average molecular weight is 549 g/mol. The minimum Gasteiger partial charge on any atom is -0.335 e. The van der Waals surface area contributed by atoms with Gasteiger partial charge in [0.25, 0.3) is 0 Å². The van der Waals surface area contributed by atoms with Gasteiger partial charge in [-0.15, -0.1) is 0 Å². The maximum Gasteiger partial charge on any atom is 0.326 e. The first-order chi connectivity index (χ1) is 20.0. The molecular formula is C35H37FN4O. The Balaban J connectivity index is 1.22. The quantitative estimate of drug-likeness (QED) is 0.240. The van der Waals surface area contributed by atoms with Crippen LogP contribution < -0.4 is 10.2 Å². The monoisotopic (exact) mass is 548 g/mol. The summed E-state index contributed by atoms with van der Waals surface area (Å²) in [4.78, 5) is 15.6. The Labute approximate surface area is 241 Å². The molecule has 4 aromatic rings. The summed E-state index contributed by atoms with van der Waals surface area (Å²) in [7, 11) is 0. The molecule has 3 atom stereocenters. The molecule has 5 nitrogen and oxygen atoms in total. The third-order valence-corrected chi connectivity index (χ3v) is 8.99. The number of nitrogens with zero attached hydrogens (tertiary/aromatic N) is 3. The lowest BCUT2D eigenvalue weighted by molar-refractivity contribution is 0.216. The highest BCUT2D eigenvalue weighted by atomic mass is 19.1. The van der Waals surface area contributed by atoms with Crippen molar-refractivity contribution in [2.45, 2.75) is 58.4 Å². The fourth-order valence-electron chi connectivity index (χ4n) is 6.82. The van der Waals surface area contributed by atoms with Crippen molar-refractivity contribution in [3.63, 3.8) is 0 Å². The van der Waals surface area contributed by atoms with Crippen LogP contribution in [0.15, 0.2) is 96.7 Å². The SMILES string of the molecule is CCCC(C[C@H]1CCC2=Cc3c(cnn3-c3ccc(F)cc3)C[C@@]21C)NC(=O)N(c1ccccc1)c1ccccc1. The number of anilines is 2. The number of rotatable bonds is 8. The standard InChI is InChI=1S/C35H37FN4O/c1-3-10-29(38-34(41)39(30-11-6-4-7-12-30)31-13-8-5-9-14-31)21-26-15-16-27-22-33-25(23-35(26,27)2)24-37-40(33)32-19-17-28(36)18-20-32/h4-9,11-14,17-20,22,24,26,29H,3,10,15-16,21,23H2,1-2H3,(H,38,41)/t26-,29?,35-/m1/s1. The first-order valence-electron chi connectivity index (χ1n) is 14.7. The van der Waals surface area contributed by atoms with E-state index in [1.807, 2.05) is 71.5 Å². The number of nitrogens with one attached hydrogen (secondary N) is 1. The topological polar surface area (TPSA) is 50.2 Å². The van der Waals surface area contributed by atoms with Gasteiger partial charge in [-0.05, 0) is 104 Å². The van der Waals surface area contributed by atoms with Gasteiger partial charge in [-0.25, -0.2) is 13.9 Å². The molecule has 0 aliphatic heterocycles. The van der Waals surface area contributed by atoms with Crippen LogP contribution in [-0.4, -0.2) is 21.9 Å². The summed E-state index contributed by atoms with van der Waals surface area (Å²) in [5, 5.41) is 8.10. The van der Waals surface area contributed by atoms with E-state index in [1.54, 1.807) is 17.0 Å². The van der Waals surface area contributed by atoms with Crippen molar-refractivity contribution in [2.24, 2.45) is 11.3 Å². The number of carbonyl (C=O) groups excluding carboxylic acids is 1. The lowest BCUT2D eigenvalue weighted by Crippen LogP contribution is -2.44. The first-order valence-corrected chi connectivity index (χ1v) is 14.7. The largest absolute Gasteiger partial charge is 0.335 e. The predicted molar refractivity (Wildman–Crippen MR) is 163 cm³/mol. The molecule has 0 radical (unpaired) electrons. The number of benzene rings is 3. The highest BCUT2D eigenvalue weighted by Gasteiger charge is 2.46. The van der Waals surface area contributed by atoms with E-state index < -0.39 is 0 Å². The van der Waals surface area contributed by atoms with Crippen molar-refractivity contribution < 1.29 is 9.18 Å². The van der Waals surface area contributed by atoms with Crippen molar-refractivity contribution in [1.82, 2.24) is 15.1 Å². The molecule has 3 aromatic carbocycles. The third-order valence-electron chi connectivity index (χ3n) is 8.99. The zero-order chi connectivity index (χ0) is 28.4. The molecule has 0 spiro atoms. The summed E-state index contributed by atoms with van der Waals surface area (Å²) >= 11 is 0. The highest BCUT2D eigenvalue weighted by Crippen LogP contribution is 2.54. The minimum atomic E-state index is -0.247. The van der Waals surface area contributed by atoms with Gasteiger partial charge < -0.3 is 5.32 Å². The van der Waals surface area contributed by atoms with Gasteiger partial charge in [0.05, 0.1) is 29.0 Å². The fraction of sp³-hybridized carbons (Fsp3) is 0.314. The van der Waals surface area contributed by atoms with Crippen LogP contribution in [0.5, 0.6) is 0 Å². The van der Waals surface area contributed by atoms with Crippen LogP contribution in [0.1, 0.15) is 57.2 Å². The van der Waals surface area contributed by atoms with Crippen molar-refractivity contribution in [2.75, 3.05) is 4.90 Å². The molecule has 6 heteroatoms. The lowest BCUT2D eigenvalue weighted by Gasteiger charge is -2.38. The van der Waals surface area contributed by atoms with E-state index in [4.69, 9.17) is 0 Å². The van der Waals surface area contributed by atoms with E-state index in [2.05, 4.69) is 30.3 Å². The normalized spacial score (nSPS) is 20.1. The van der Waals surface area contributed by atoms with E-state index in [-0.39, 0.29) is 23.3 Å². The summed E-state index contributed by atoms with van der Waals surface area (Å²) in [6, 6.07) is 26.2. The molecule has 1 heterocycles. The highest BCUT2D eigenvalue weighted by molar-refractivity contribution is 5.99. The molecule has 210 valence electrons. The van der Waals surface area contributed by atoms with Crippen LogP contribution in [0.25, 0.3) is 11.8 Å². The number of hydrogen-bond donors (Lipinski definition) is 1. The molecule has 0 saturated heterocycles. The number of fused-ring (bicyclic) bond motifs is 2. The van der Waals surface area contributed by atoms with Crippen LogP contribution in [0.4, 0.5) is 20.6 Å². The van der Waals surface area contributed by atoms with Crippen molar-refractivity contribution >= 4 is 23.5 Å². The van der Waals surface area contributed by atoms with Crippen LogP contribution in [0.2, 0.25) is 0 Å². The van der Waals surface area contributed by atoms with Gasteiger partial charge in [-0.3, -0.25) is 4.90 Å². The Kier molecular flexibility index (Phi) is 7.48. The van der Waals surface area contributed by atoms with Gasteiger partial charge in [0.2, 0.25) is 0 Å². The van der Waals surface area contributed by atoms with Gasteiger partial charge in [0.1, 0.15) is 5.82 Å². The third kappa shape index (κ3) is 5.31. The van der Waals surface area contributed by atoms with E-state index in [0.717, 1.165) is 61.3 Å². The molecule has 1 fully saturated rings. The minimum absolute atomic E-state index is 0.0267. The Bertz CT molecular complexity index is 1490. The average Bonchev–Trinajstić information content (AvgIpc) is 3.53. The van der Waals surface area contributed by atoms with Gasteiger partial charge >= 0.3 is 6.03 Å². The zero-order valence-electron chi connectivity index (χ0n) is 23.8. The summed E-state index contributed by atoms with van der Waals surface area (Å²) in [6.45, 7) is 4.57. The molecule has 1 unspecified atom stereocenters. The number of hydrogen-bond acceptors (Lipinski definition) is 2. The van der Waals surface area contributed by atoms with Crippen molar-refractivity contribution in [1.29, 1.82) is 0 Å². The number of urea groups is 1. The van der Waals surface area contributed by atoms with Crippen LogP contribution in [-0.2, 0) is 6.42 Å². The lowest BCUT2D eigenvalue weighted by atomic mass is 9.68. The van der Waals surface area contributed by atoms with Gasteiger partial charge in [0.15, 0.2) is 0 Å². The number of amides is 2. The molecule has 2 amide bonds. The Morgan fingerprint density at radius 3 is 2.34 bits per heavy atom. The molecule has 1 aromatic heterocycles. The second-order valence-electron chi connectivity index (χ2n) is 11.6.